The van der Waals surface area contributed by atoms with Crippen LogP contribution in [0.4, 0.5) is 0 Å². The van der Waals surface area contributed by atoms with Crippen LogP contribution in [0.25, 0.3) is 0 Å². The molecule has 0 radical (unpaired) electrons. The maximum atomic E-state index is 5.86. The van der Waals surface area contributed by atoms with E-state index in [9.17, 15) is 0 Å². The molecule has 0 aliphatic carbocycles. The lowest BCUT2D eigenvalue weighted by Gasteiger charge is -2.16. The highest BCUT2D eigenvalue weighted by Crippen LogP contribution is 2.18. The Morgan fingerprint density at radius 1 is 1.62 bits per heavy atom. The van der Waals surface area contributed by atoms with Crippen molar-refractivity contribution in [3.8, 4) is 0 Å². The summed E-state index contributed by atoms with van der Waals surface area (Å²) in [6.45, 7) is 4.16. The Hall–Kier alpha value is -0.800. The van der Waals surface area contributed by atoms with Crippen molar-refractivity contribution in [2.24, 2.45) is 0 Å². The molecule has 1 aliphatic rings. The van der Waals surface area contributed by atoms with Gasteiger partial charge in [0.25, 0.3) is 0 Å². The molecule has 1 fully saturated rings. The molecule has 0 amide bonds. The van der Waals surface area contributed by atoms with Crippen LogP contribution in [-0.4, -0.2) is 24.2 Å². The lowest BCUT2D eigenvalue weighted by atomic mass is 10.2. The average molecular weight is 180 g/mol. The first-order valence-corrected chi connectivity index (χ1v) is 4.86. The van der Waals surface area contributed by atoms with Gasteiger partial charge in [0.1, 0.15) is 0 Å². The largest absolute Gasteiger partial charge is 0.368 e. The van der Waals surface area contributed by atoms with Gasteiger partial charge in [-0.15, -0.1) is 0 Å². The van der Waals surface area contributed by atoms with Crippen LogP contribution in [0, 0.1) is 0 Å². The van der Waals surface area contributed by atoms with E-state index in [4.69, 9.17) is 4.74 Å². The van der Waals surface area contributed by atoms with Crippen molar-refractivity contribution < 1.29 is 4.74 Å². The Bertz CT molecular complexity index is 239. The fourth-order valence-corrected chi connectivity index (χ4v) is 1.70. The third-order valence-corrected chi connectivity index (χ3v) is 2.47. The van der Waals surface area contributed by atoms with Gasteiger partial charge >= 0.3 is 0 Å². The van der Waals surface area contributed by atoms with Crippen molar-refractivity contribution in [2.75, 3.05) is 13.1 Å². The van der Waals surface area contributed by atoms with Crippen molar-refractivity contribution in [1.29, 1.82) is 0 Å². The fraction of sp³-hybridized carbons (Fsp3) is 0.600. The van der Waals surface area contributed by atoms with Crippen molar-refractivity contribution in [2.45, 2.75) is 25.6 Å². The summed E-state index contributed by atoms with van der Waals surface area (Å²) < 4.78 is 5.86. The minimum atomic E-state index is 0.180. The first kappa shape index (κ1) is 8.78. The van der Waals surface area contributed by atoms with Crippen molar-refractivity contribution in [3.05, 3.63) is 24.0 Å². The van der Waals surface area contributed by atoms with Gasteiger partial charge in [-0.25, -0.2) is 0 Å². The number of hydrogen-bond acceptors (Lipinski definition) is 2. The van der Waals surface area contributed by atoms with Crippen LogP contribution in [0.15, 0.2) is 18.3 Å². The summed E-state index contributed by atoms with van der Waals surface area (Å²) in [5.41, 5.74) is 1.16. The number of aromatic amines is 1. The van der Waals surface area contributed by atoms with Crippen molar-refractivity contribution >= 4 is 0 Å². The number of rotatable bonds is 3. The first-order chi connectivity index (χ1) is 6.36. The highest BCUT2D eigenvalue weighted by Gasteiger charge is 2.18. The zero-order valence-corrected chi connectivity index (χ0v) is 7.92. The van der Waals surface area contributed by atoms with E-state index in [-0.39, 0.29) is 6.10 Å². The van der Waals surface area contributed by atoms with Gasteiger partial charge in [-0.1, -0.05) is 0 Å². The summed E-state index contributed by atoms with van der Waals surface area (Å²) in [6, 6.07) is 4.06. The molecule has 1 aliphatic heterocycles. The quantitative estimate of drug-likeness (QED) is 0.738. The SMILES string of the molecule is CC(OC1CCNC1)c1ccc[nH]1. The molecule has 2 unspecified atom stereocenters. The minimum Gasteiger partial charge on any atom is -0.368 e. The molecule has 0 aromatic carbocycles. The van der Waals surface area contributed by atoms with Gasteiger partial charge in [-0.05, 0) is 32.0 Å². The summed E-state index contributed by atoms with van der Waals surface area (Å²) in [7, 11) is 0. The number of H-pyrrole nitrogens is 1. The third kappa shape index (κ3) is 2.11. The molecule has 72 valence electrons. The van der Waals surface area contributed by atoms with Gasteiger partial charge in [-0.3, -0.25) is 0 Å². The minimum absolute atomic E-state index is 0.180. The number of aromatic nitrogens is 1. The summed E-state index contributed by atoms with van der Waals surface area (Å²) in [5.74, 6) is 0. The molecular weight excluding hydrogens is 164 g/mol. The predicted octanol–water partition coefficient (Wildman–Crippen LogP) is 1.45. The van der Waals surface area contributed by atoms with Gasteiger partial charge in [-0.2, -0.15) is 0 Å². The van der Waals surface area contributed by atoms with E-state index in [1.807, 2.05) is 12.3 Å². The normalized spacial score (nSPS) is 24.8. The Kier molecular flexibility index (Phi) is 2.66. The lowest BCUT2D eigenvalue weighted by Crippen LogP contribution is -2.18. The van der Waals surface area contributed by atoms with E-state index in [1.165, 1.54) is 0 Å². The second kappa shape index (κ2) is 3.94. The van der Waals surface area contributed by atoms with Gasteiger partial charge in [0.2, 0.25) is 0 Å². The highest BCUT2D eigenvalue weighted by molar-refractivity contribution is 5.06. The van der Waals surface area contributed by atoms with E-state index < -0.39 is 0 Å². The number of nitrogens with one attached hydrogen (secondary N) is 2. The molecule has 1 aromatic rings. The summed E-state index contributed by atoms with van der Waals surface area (Å²) >= 11 is 0. The molecule has 2 atom stereocenters. The fourth-order valence-electron chi connectivity index (χ4n) is 1.70. The van der Waals surface area contributed by atoms with Crippen LogP contribution in [0.5, 0.6) is 0 Å². The van der Waals surface area contributed by atoms with Crippen LogP contribution in [0.1, 0.15) is 25.1 Å². The standard InChI is InChI=1S/C10H16N2O/c1-8(10-3-2-5-12-10)13-9-4-6-11-7-9/h2-3,5,8-9,11-12H,4,6-7H2,1H3. The van der Waals surface area contributed by atoms with Crippen molar-refractivity contribution in [1.82, 2.24) is 10.3 Å². The van der Waals surface area contributed by atoms with E-state index in [0.717, 1.165) is 25.2 Å². The number of ether oxygens (including phenoxy) is 1. The zero-order valence-electron chi connectivity index (χ0n) is 7.92. The maximum Gasteiger partial charge on any atom is 0.0948 e. The van der Waals surface area contributed by atoms with Gasteiger partial charge in [0, 0.05) is 18.4 Å². The molecule has 3 heteroatoms. The summed E-state index contributed by atoms with van der Waals surface area (Å²) in [4.78, 5) is 3.17. The molecule has 13 heavy (non-hydrogen) atoms. The maximum absolute atomic E-state index is 5.86. The number of hydrogen-bond donors (Lipinski definition) is 2. The van der Waals surface area contributed by atoms with Gasteiger partial charge < -0.3 is 15.0 Å². The second-order valence-corrected chi connectivity index (χ2v) is 3.52. The molecule has 0 bridgehead atoms. The zero-order chi connectivity index (χ0) is 9.10. The Morgan fingerprint density at radius 2 is 2.54 bits per heavy atom. The molecule has 0 spiro atoms. The molecule has 1 aromatic heterocycles. The molecule has 3 nitrogen and oxygen atoms in total. The van der Waals surface area contributed by atoms with Crippen LogP contribution < -0.4 is 5.32 Å². The molecule has 0 saturated carbocycles. The molecule has 2 heterocycles. The lowest BCUT2D eigenvalue weighted by molar-refractivity contribution is 0.00629. The summed E-state index contributed by atoms with van der Waals surface area (Å²) in [6.07, 6.45) is 3.63. The molecule has 2 rings (SSSR count). The monoisotopic (exact) mass is 180 g/mol. The van der Waals surface area contributed by atoms with Crippen molar-refractivity contribution in [3.63, 3.8) is 0 Å². The van der Waals surface area contributed by atoms with Crippen LogP contribution in [0.2, 0.25) is 0 Å². The summed E-state index contributed by atoms with van der Waals surface area (Å²) in [5, 5.41) is 3.29. The van der Waals surface area contributed by atoms with E-state index >= 15 is 0 Å². The highest BCUT2D eigenvalue weighted by atomic mass is 16.5. The van der Waals surface area contributed by atoms with Crippen LogP contribution in [-0.2, 0) is 4.74 Å². The van der Waals surface area contributed by atoms with Gasteiger partial charge in [0.05, 0.1) is 12.2 Å². The van der Waals surface area contributed by atoms with E-state index in [2.05, 4.69) is 23.3 Å². The first-order valence-electron chi connectivity index (χ1n) is 4.86. The molecular formula is C10H16N2O. The second-order valence-electron chi connectivity index (χ2n) is 3.52. The third-order valence-electron chi connectivity index (χ3n) is 2.47. The predicted molar refractivity (Wildman–Crippen MR) is 51.6 cm³/mol. The topological polar surface area (TPSA) is 37.0 Å². The Balaban J connectivity index is 1.87. The van der Waals surface area contributed by atoms with E-state index in [1.54, 1.807) is 0 Å². The van der Waals surface area contributed by atoms with Gasteiger partial charge in [0.15, 0.2) is 0 Å². The van der Waals surface area contributed by atoms with E-state index in [0.29, 0.717) is 6.10 Å². The average Bonchev–Trinajstić information content (AvgIpc) is 2.74. The Morgan fingerprint density at radius 3 is 3.15 bits per heavy atom. The molecule has 1 saturated heterocycles. The van der Waals surface area contributed by atoms with Crippen LogP contribution >= 0.6 is 0 Å². The smallest absolute Gasteiger partial charge is 0.0948 e. The van der Waals surface area contributed by atoms with Crippen LogP contribution in [0.3, 0.4) is 0 Å². The Labute approximate surface area is 78.5 Å². The molecule has 2 N–H and O–H groups in total.